The van der Waals surface area contributed by atoms with E-state index in [1.807, 2.05) is 0 Å². The number of sulfone groups is 1. The van der Waals surface area contributed by atoms with E-state index in [0.717, 1.165) is 23.3 Å². The summed E-state index contributed by atoms with van der Waals surface area (Å²) in [7, 11) is -3.88. The Balaban J connectivity index is 1.60. The zero-order valence-electron chi connectivity index (χ0n) is 17.0. The largest absolute Gasteiger partial charge is 0.507 e. The van der Waals surface area contributed by atoms with Gasteiger partial charge in [0, 0.05) is 11.6 Å². The van der Waals surface area contributed by atoms with Crippen molar-refractivity contribution in [3.63, 3.8) is 0 Å². The van der Waals surface area contributed by atoms with E-state index < -0.39 is 21.8 Å². The highest BCUT2D eigenvalue weighted by Gasteiger charge is 2.20. The average molecular weight is 475 g/mol. The van der Waals surface area contributed by atoms with Crippen molar-refractivity contribution in [2.24, 2.45) is 5.73 Å². The summed E-state index contributed by atoms with van der Waals surface area (Å²) in [5, 5.41) is 23.6. The number of aliphatic hydroxyl groups is 1. The lowest BCUT2D eigenvalue weighted by atomic mass is 10.1. The van der Waals surface area contributed by atoms with Gasteiger partial charge in [0.05, 0.1) is 21.5 Å². The highest BCUT2D eigenvalue weighted by Crippen LogP contribution is 2.26. The maximum Gasteiger partial charge on any atom is 0.252 e. The number of hydrogen-bond donors (Lipinski definition) is 4. The van der Waals surface area contributed by atoms with Crippen LogP contribution in [0.1, 0.15) is 27.6 Å². The molecule has 0 radical (unpaired) electrons. The van der Waals surface area contributed by atoms with E-state index in [0.29, 0.717) is 24.5 Å². The number of hydrogen-bond acceptors (Lipinski definition) is 6. The van der Waals surface area contributed by atoms with Crippen molar-refractivity contribution in [2.75, 3.05) is 13.1 Å². The summed E-state index contributed by atoms with van der Waals surface area (Å²) in [4.78, 5) is 11.3. The molecule has 0 saturated carbocycles. The molecule has 0 unspecified atom stereocenters. The summed E-state index contributed by atoms with van der Waals surface area (Å²) < 4.78 is 25.7. The van der Waals surface area contributed by atoms with Crippen LogP contribution >= 0.6 is 11.6 Å². The fraction of sp³-hybridized carbons (Fsp3) is 0.174. The normalized spacial score (nSPS) is 12.4. The molecule has 5 N–H and O–H groups in total. The second kappa shape index (κ2) is 10.1. The van der Waals surface area contributed by atoms with Crippen LogP contribution in [0.4, 0.5) is 0 Å². The smallest absolute Gasteiger partial charge is 0.252 e. The van der Waals surface area contributed by atoms with Crippen LogP contribution in [0, 0.1) is 0 Å². The van der Waals surface area contributed by atoms with E-state index in [2.05, 4.69) is 5.32 Å². The molecule has 3 rings (SSSR count). The van der Waals surface area contributed by atoms with Gasteiger partial charge in [-0.2, -0.15) is 0 Å². The lowest BCUT2D eigenvalue weighted by Gasteiger charge is -2.13. The van der Waals surface area contributed by atoms with Crippen molar-refractivity contribution in [1.82, 2.24) is 5.32 Å². The molecule has 1 atom stereocenters. The average Bonchev–Trinajstić information content (AvgIpc) is 2.77. The number of nitrogens with two attached hydrogens (primary N) is 1. The predicted octanol–water partition coefficient (Wildman–Crippen LogP) is 2.84. The molecule has 168 valence electrons. The Kier molecular flexibility index (Phi) is 7.52. The van der Waals surface area contributed by atoms with Gasteiger partial charge in [-0.25, -0.2) is 8.42 Å². The first kappa shape index (κ1) is 23.7. The van der Waals surface area contributed by atoms with Crippen LogP contribution in [0.15, 0.2) is 76.5 Å². The number of halogens is 1. The molecule has 0 bridgehead atoms. The molecular formula is C23H23ClN2O5S. The molecule has 0 aliphatic carbocycles. The molecule has 0 aliphatic heterocycles. The van der Waals surface area contributed by atoms with Gasteiger partial charge in [0.1, 0.15) is 5.75 Å². The van der Waals surface area contributed by atoms with Crippen LogP contribution in [-0.4, -0.2) is 37.6 Å². The first-order chi connectivity index (χ1) is 15.2. The highest BCUT2D eigenvalue weighted by molar-refractivity contribution is 7.91. The molecular weight excluding hydrogens is 452 g/mol. The molecule has 0 saturated heterocycles. The van der Waals surface area contributed by atoms with Crippen LogP contribution in [0.3, 0.4) is 0 Å². The van der Waals surface area contributed by atoms with Gasteiger partial charge in [0.2, 0.25) is 9.84 Å². The summed E-state index contributed by atoms with van der Waals surface area (Å²) in [6.07, 6.45) is -0.0509. The monoisotopic (exact) mass is 474 g/mol. The molecule has 0 spiro atoms. The van der Waals surface area contributed by atoms with E-state index >= 15 is 0 Å². The van der Waals surface area contributed by atoms with E-state index in [1.165, 1.54) is 18.2 Å². The number of carbonyl (C=O) groups excluding carboxylic acids is 1. The molecule has 3 aromatic carbocycles. The fourth-order valence-electron chi connectivity index (χ4n) is 3.15. The number of carbonyl (C=O) groups is 1. The van der Waals surface area contributed by atoms with Crippen molar-refractivity contribution in [2.45, 2.75) is 22.3 Å². The Labute approximate surface area is 191 Å². The second-order valence-electron chi connectivity index (χ2n) is 7.22. The maximum atomic E-state index is 12.8. The first-order valence-corrected chi connectivity index (χ1v) is 11.7. The summed E-state index contributed by atoms with van der Waals surface area (Å²) in [6, 6.07) is 16.8. The molecule has 1 amide bonds. The van der Waals surface area contributed by atoms with Gasteiger partial charge in [-0.05, 0) is 66.6 Å². The van der Waals surface area contributed by atoms with Gasteiger partial charge in [-0.1, -0.05) is 35.9 Å². The Morgan fingerprint density at radius 2 is 1.72 bits per heavy atom. The van der Waals surface area contributed by atoms with Gasteiger partial charge < -0.3 is 21.3 Å². The summed E-state index contributed by atoms with van der Waals surface area (Å²) in [5.74, 6) is -1.29. The van der Waals surface area contributed by atoms with Gasteiger partial charge in [0.15, 0.2) is 0 Å². The summed E-state index contributed by atoms with van der Waals surface area (Å²) in [5.41, 5.74) is 6.57. The van der Waals surface area contributed by atoms with Gasteiger partial charge in [-0.3, -0.25) is 4.79 Å². The molecule has 0 fully saturated rings. The number of primary amides is 1. The third-order valence-electron chi connectivity index (χ3n) is 4.94. The number of amides is 1. The third-order valence-corrected chi connectivity index (χ3v) is 6.94. The van der Waals surface area contributed by atoms with Gasteiger partial charge in [-0.15, -0.1) is 0 Å². The molecule has 32 heavy (non-hydrogen) atoms. The Hall–Kier alpha value is -2.91. The van der Waals surface area contributed by atoms with Crippen molar-refractivity contribution < 1.29 is 23.4 Å². The van der Waals surface area contributed by atoms with Crippen molar-refractivity contribution >= 4 is 27.3 Å². The lowest BCUT2D eigenvalue weighted by molar-refractivity contribution is 0.0997. The number of nitrogens with one attached hydrogen (secondary N) is 1. The number of aromatic hydroxyl groups is 1. The Morgan fingerprint density at radius 3 is 2.38 bits per heavy atom. The van der Waals surface area contributed by atoms with E-state index in [4.69, 9.17) is 17.3 Å². The minimum atomic E-state index is -3.88. The zero-order valence-corrected chi connectivity index (χ0v) is 18.6. The quantitative estimate of drug-likeness (QED) is 0.353. The third kappa shape index (κ3) is 5.66. The molecule has 7 nitrogen and oxygen atoms in total. The van der Waals surface area contributed by atoms with Crippen molar-refractivity contribution in [1.29, 1.82) is 0 Å². The first-order valence-electron chi connectivity index (χ1n) is 9.79. The number of benzene rings is 3. The molecule has 0 aromatic heterocycles. The fourth-order valence-corrected chi connectivity index (χ4v) is 4.64. The number of rotatable bonds is 9. The molecule has 9 heteroatoms. The van der Waals surface area contributed by atoms with Crippen LogP contribution in [0.25, 0.3) is 0 Å². The zero-order chi connectivity index (χ0) is 23.3. The van der Waals surface area contributed by atoms with E-state index in [9.17, 15) is 23.4 Å². The minimum absolute atomic E-state index is 0.0618. The maximum absolute atomic E-state index is 12.8. The predicted molar refractivity (Wildman–Crippen MR) is 122 cm³/mol. The molecule has 3 aromatic rings. The topological polar surface area (TPSA) is 130 Å². The van der Waals surface area contributed by atoms with Crippen LogP contribution < -0.4 is 11.1 Å². The van der Waals surface area contributed by atoms with Crippen molar-refractivity contribution in [3.05, 3.63) is 88.4 Å². The van der Waals surface area contributed by atoms with Crippen LogP contribution in [-0.2, 0) is 16.3 Å². The standard InChI is InChI=1S/C23H23ClN2O5S/c24-17-3-1-2-16(12-17)22(28)14-26-11-10-15-4-6-18(7-5-15)32(30,31)19-8-9-21(27)20(13-19)23(25)29/h1-9,12-13,22,26-28H,10-11,14H2,(H2,25,29)/t22-/m0/s1. The van der Waals surface area contributed by atoms with E-state index in [-0.39, 0.29) is 21.1 Å². The highest BCUT2D eigenvalue weighted by atomic mass is 35.5. The SMILES string of the molecule is NC(=O)c1cc(S(=O)(=O)c2ccc(CCNC[C@H](O)c3cccc(Cl)c3)cc2)ccc1O. The molecule has 0 aliphatic rings. The minimum Gasteiger partial charge on any atom is -0.507 e. The van der Waals surface area contributed by atoms with Crippen LogP contribution in [0.2, 0.25) is 5.02 Å². The van der Waals surface area contributed by atoms with Crippen LogP contribution in [0.5, 0.6) is 5.75 Å². The summed E-state index contributed by atoms with van der Waals surface area (Å²) in [6.45, 7) is 0.944. The second-order valence-corrected chi connectivity index (χ2v) is 9.60. The van der Waals surface area contributed by atoms with E-state index in [1.54, 1.807) is 36.4 Å². The van der Waals surface area contributed by atoms with Gasteiger partial charge in [0.25, 0.3) is 5.91 Å². The summed E-state index contributed by atoms with van der Waals surface area (Å²) >= 11 is 5.94. The Bertz CT molecular complexity index is 1210. The van der Waals surface area contributed by atoms with Gasteiger partial charge >= 0.3 is 0 Å². The number of phenols is 1. The lowest BCUT2D eigenvalue weighted by Crippen LogP contribution is -2.23. The molecule has 0 heterocycles. The Morgan fingerprint density at radius 1 is 1.03 bits per heavy atom. The van der Waals surface area contributed by atoms with Crippen molar-refractivity contribution in [3.8, 4) is 5.75 Å². The number of aliphatic hydroxyl groups excluding tert-OH is 1.